The molecule has 0 saturated heterocycles. The molecule has 0 N–H and O–H groups in total. The highest BCUT2D eigenvalue weighted by atomic mass is 19.2. The Morgan fingerprint density at radius 2 is 1.00 bits per heavy atom. The van der Waals surface area contributed by atoms with Gasteiger partial charge in [-0.1, -0.05) is 133 Å². The van der Waals surface area contributed by atoms with Gasteiger partial charge in [-0.05, 0) is 53.6 Å². The number of aryl methyl sites for hydroxylation is 1. The van der Waals surface area contributed by atoms with Gasteiger partial charge in [0, 0.05) is 5.56 Å². The number of rotatable bonds is 18. The number of unbranched alkanes of at least 4 members (excludes halogenated alkanes) is 11. The normalized spacial score (nSPS) is 11.2. The van der Waals surface area contributed by atoms with Crippen molar-refractivity contribution < 1.29 is 13.5 Å². The van der Waals surface area contributed by atoms with E-state index in [9.17, 15) is 8.78 Å². The third kappa shape index (κ3) is 9.57. The molecule has 3 aromatic rings. The molecule has 0 atom stereocenters. The van der Waals surface area contributed by atoms with Gasteiger partial charge in [0.05, 0.1) is 6.61 Å². The molecule has 3 rings (SSSR count). The Balaban J connectivity index is 1.46. The van der Waals surface area contributed by atoms with Crippen molar-refractivity contribution in [3.8, 4) is 28.0 Å². The second-order valence-electron chi connectivity index (χ2n) is 10.5. The van der Waals surface area contributed by atoms with Crippen LogP contribution in [-0.4, -0.2) is 6.61 Å². The van der Waals surface area contributed by atoms with Crippen LogP contribution in [0.3, 0.4) is 0 Å². The number of ether oxygens (including phenoxy) is 1. The van der Waals surface area contributed by atoms with Crippen LogP contribution in [0.2, 0.25) is 0 Å². The van der Waals surface area contributed by atoms with Crippen molar-refractivity contribution in [1.82, 2.24) is 0 Å². The standard InChI is InChI=1S/C35H46F2O/c1-3-5-7-8-9-10-11-12-13-15-27-38-33-26-25-32(34(36)35(33)37)31-23-21-30(22-24-31)29-19-17-28(18-20-29)16-14-6-4-2/h17-26H,3-16,27H2,1-2H3. The Labute approximate surface area is 229 Å². The number of hydrogen-bond donors (Lipinski definition) is 0. The molecule has 206 valence electrons. The Hall–Kier alpha value is -2.68. The van der Waals surface area contributed by atoms with Crippen molar-refractivity contribution in [2.24, 2.45) is 0 Å². The molecule has 0 aliphatic rings. The molecular formula is C35H46F2O. The van der Waals surface area contributed by atoms with Gasteiger partial charge in [-0.3, -0.25) is 0 Å². The molecule has 0 unspecified atom stereocenters. The summed E-state index contributed by atoms with van der Waals surface area (Å²) in [7, 11) is 0. The summed E-state index contributed by atoms with van der Waals surface area (Å²) in [5.41, 5.74) is 4.45. The minimum atomic E-state index is -0.905. The second kappa shape index (κ2) is 17.0. The lowest BCUT2D eigenvalue weighted by molar-refractivity contribution is 0.285. The predicted octanol–water partition coefficient (Wildman–Crippen LogP) is 11.3. The molecule has 0 aromatic heterocycles. The zero-order chi connectivity index (χ0) is 27.0. The van der Waals surface area contributed by atoms with E-state index in [1.807, 2.05) is 24.3 Å². The first-order chi connectivity index (χ1) is 18.6. The predicted molar refractivity (Wildman–Crippen MR) is 158 cm³/mol. The maximum Gasteiger partial charge on any atom is 0.201 e. The number of hydrogen-bond acceptors (Lipinski definition) is 1. The van der Waals surface area contributed by atoms with Gasteiger partial charge in [0.25, 0.3) is 0 Å². The van der Waals surface area contributed by atoms with Crippen LogP contribution in [0.5, 0.6) is 5.75 Å². The number of halogens is 2. The molecule has 0 heterocycles. The van der Waals surface area contributed by atoms with Crippen LogP contribution in [0.15, 0.2) is 60.7 Å². The quantitative estimate of drug-likeness (QED) is 0.152. The Morgan fingerprint density at radius 3 is 1.61 bits per heavy atom. The van der Waals surface area contributed by atoms with Crippen LogP contribution in [0.25, 0.3) is 22.3 Å². The maximum atomic E-state index is 14.9. The van der Waals surface area contributed by atoms with E-state index < -0.39 is 11.6 Å². The molecule has 0 radical (unpaired) electrons. The molecule has 38 heavy (non-hydrogen) atoms. The van der Waals surface area contributed by atoms with Gasteiger partial charge < -0.3 is 4.74 Å². The Morgan fingerprint density at radius 1 is 0.500 bits per heavy atom. The van der Waals surface area contributed by atoms with Crippen molar-refractivity contribution in [2.45, 2.75) is 104 Å². The molecule has 0 aliphatic heterocycles. The third-order valence-corrected chi connectivity index (χ3v) is 7.35. The highest BCUT2D eigenvalue weighted by Crippen LogP contribution is 2.31. The fourth-order valence-corrected chi connectivity index (χ4v) is 4.92. The molecule has 1 nitrogen and oxygen atoms in total. The van der Waals surface area contributed by atoms with Gasteiger partial charge in [0.1, 0.15) is 0 Å². The third-order valence-electron chi connectivity index (χ3n) is 7.35. The average Bonchev–Trinajstić information content (AvgIpc) is 2.95. The summed E-state index contributed by atoms with van der Waals surface area (Å²) < 4.78 is 35.2. The van der Waals surface area contributed by atoms with E-state index in [4.69, 9.17) is 4.74 Å². The highest BCUT2D eigenvalue weighted by molar-refractivity contribution is 5.71. The Bertz CT molecular complexity index is 1060. The SMILES string of the molecule is CCCCCCCCCCCCOc1ccc(-c2ccc(-c3ccc(CCCCC)cc3)cc2)c(F)c1F. The molecular weight excluding hydrogens is 474 g/mol. The topological polar surface area (TPSA) is 9.23 Å². The summed E-state index contributed by atoms with van der Waals surface area (Å²) in [5.74, 6) is -1.76. The van der Waals surface area contributed by atoms with Crippen molar-refractivity contribution in [3.05, 3.63) is 77.9 Å². The van der Waals surface area contributed by atoms with Gasteiger partial charge in [-0.15, -0.1) is 0 Å². The van der Waals surface area contributed by atoms with Crippen LogP contribution in [0.1, 0.15) is 103 Å². The molecule has 0 aliphatic carbocycles. The molecule has 0 bridgehead atoms. The Kier molecular flexibility index (Phi) is 13.4. The van der Waals surface area contributed by atoms with E-state index in [0.717, 1.165) is 30.4 Å². The van der Waals surface area contributed by atoms with Crippen LogP contribution in [0.4, 0.5) is 8.78 Å². The molecule has 0 amide bonds. The summed E-state index contributed by atoms with van der Waals surface area (Å²) in [6.07, 6.45) is 17.1. The molecule has 3 aromatic carbocycles. The van der Waals surface area contributed by atoms with E-state index in [-0.39, 0.29) is 11.3 Å². The molecule has 0 fully saturated rings. The maximum absolute atomic E-state index is 14.9. The average molecular weight is 521 g/mol. The first-order valence-electron chi connectivity index (χ1n) is 14.9. The van der Waals surface area contributed by atoms with Crippen molar-refractivity contribution >= 4 is 0 Å². The zero-order valence-electron chi connectivity index (χ0n) is 23.5. The summed E-state index contributed by atoms with van der Waals surface area (Å²) in [6, 6.07) is 19.4. The lowest BCUT2D eigenvalue weighted by atomic mass is 9.98. The van der Waals surface area contributed by atoms with Gasteiger partial charge in [0.2, 0.25) is 5.82 Å². The fourth-order valence-electron chi connectivity index (χ4n) is 4.92. The smallest absolute Gasteiger partial charge is 0.201 e. The van der Waals surface area contributed by atoms with E-state index in [1.165, 1.54) is 76.2 Å². The second-order valence-corrected chi connectivity index (χ2v) is 10.5. The van der Waals surface area contributed by atoms with Crippen molar-refractivity contribution in [3.63, 3.8) is 0 Å². The number of benzene rings is 3. The van der Waals surface area contributed by atoms with Crippen molar-refractivity contribution in [1.29, 1.82) is 0 Å². The summed E-state index contributed by atoms with van der Waals surface area (Å²) in [4.78, 5) is 0. The van der Waals surface area contributed by atoms with Gasteiger partial charge in [0.15, 0.2) is 11.6 Å². The minimum Gasteiger partial charge on any atom is -0.490 e. The van der Waals surface area contributed by atoms with E-state index in [1.54, 1.807) is 12.1 Å². The fraction of sp³-hybridized carbons (Fsp3) is 0.486. The summed E-state index contributed by atoms with van der Waals surface area (Å²) >= 11 is 0. The largest absolute Gasteiger partial charge is 0.490 e. The zero-order valence-corrected chi connectivity index (χ0v) is 23.5. The van der Waals surface area contributed by atoms with E-state index in [2.05, 4.69) is 38.1 Å². The van der Waals surface area contributed by atoms with Crippen molar-refractivity contribution in [2.75, 3.05) is 6.61 Å². The van der Waals surface area contributed by atoms with E-state index >= 15 is 0 Å². The lowest BCUT2D eigenvalue weighted by Crippen LogP contribution is -2.01. The summed E-state index contributed by atoms with van der Waals surface area (Å²) in [6.45, 7) is 4.87. The van der Waals surface area contributed by atoms with Gasteiger partial charge in [-0.2, -0.15) is 4.39 Å². The molecule has 3 heteroatoms. The first-order valence-corrected chi connectivity index (χ1v) is 14.9. The molecule has 0 saturated carbocycles. The minimum absolute atomic E-state index is 0.00202. The van der Waals surface area contributed by atoms with E-state index in [0.29, 0.717) is 12.2 Å². The van der Waals surface area contributed by atoms with Crippen LogP contribution >= 0.6 is 0 Å². The van der Waals surface area contributed by atoms with Gasteiger partial charge in [-0.25, -0.2) is 4.39 Å². The molecule has 0 spiro atoms. The van der Waals surface area contributed by atoms with Crippen LogP contribution in [-0.2, 0) is 6.42 Å². The summed E-state index contributed by atoms with van der Waals surface area (Å²) in [5, 5.41) is 0. The van der Waals surface area contributed by atoms with Crippen LogP contribution < -0.4 is 4.74 Å². The van der Waals surface area contributed by atoms with Crippen LogP contribution in [0, 0.1) is 11.6 Å². The van der Waals surface area contributed by atoms with Gasteiger partial charge >= 0.3 is 0 Å². The highest BCUT2D eigenvalue weighted by Gasteiger charge is 2.16. The lowest BCUT2D eigenvalue weighted by Gasteiger charge is -2.11. The first kappa shape index (κ1) is 29.9. The monoisotopic (exact) mass is 520 g/mol.